The zero-order valence-corrected chi connectivity index (χ0v) is 12.5. The molecule has 19 heavy (non-hydrogen) atoms. The lowest BCUT2D eigenvalue weighted by Gasteiger charge is -2.23. The van der Waals surface area contributed by atoms with Crippen molar-refractivity contribution in [1.82, 2.24) is 10.0 Å². The molecule has 1 aromatic carbocycles. The fourth-order valence-electron chi connectivity index (χ4n) is 2.16. The summed E-state index contributed by atoms with van der Waals surface area (Å²) in [6.45, 7) is 1.73. The summed E-state index contributed by atoms with van der Waals surface area (Å²) in [5, 5.41) is 3.20. The highest BCUT2D eigenvalue weighted by Gasteiger charge is 2.19. The quantitative estimate of drug-likeness (QED) is 0.862. The zero-order chi connectivity index (χ0) is 12.8. The second-order valence-corrected chi connectivity index (χ2v) is 6.59. The highest BCUT2D eigenvalue weighted by atomic mass is 35.5. The Kier molecular flexibility index (Phi) is 6.79. The number of nitrogens with one attached hydrogen (secondary N) is 2. The van der Waals surface area contributed by atoms with Gasteiger partial charge in [-0.2, -0.15) is 0 Å². The van der Waals surface area contributed by atoms with Crippen molar-refractivity contribution < 1.29 is 8.42 Å². The number of aryl methyl sites for hydroxylation is 1. The standard InChI is InChI=1S/C13H20N2O2S.ClH/c16-18(17,15-13-7-4-9-14-11-13)10-8-12-5-2-1-3-6-12;/h1-3,5-6,13-15H,4,7-11H2;1H/t13-;/m0./s1. The Labute approximate surface area is 121 Å². The van der Waals surface area contributed by atoms with Crippen molar-refractivity contribution in [3.05, 3.63) is 35.9 Å². The maximum Gasteiger partial charge on any atom is 0.212 e. The van der Waals surface area contributed by atoms with Gasteiger partial charge in [-0.05, 0) is 31.4 Å². The summed E-state index contributed by atoms with van der Waals surface area (Å²) in [5.74, 6) is 0.160. The second-order valence-electron chi connectivity index (χ2n) is 4.72. The van der Waals surface area contributed by atoms with E-state index in [2.05, 4.69) is 10.0 Å². The van der Waals surface area contributed by atoms with Crippen molar-refractivity contribution in [2.75, 3.05) is 18.8 Å². The third-order valence-electron chi connectivity index (χ3n) is 3.15. The molecule has 0 bridgehead atoms. The van der Waals surface area contributed by atoms with Crippen molar-refractivity contribution in [3.63, 3.8) is 0 Å². The summed E-state index contributed by atoms with van der Waals surface area (Å²) in [6.07, 6.45) is 2.53. The van der Waals surface area contributed by atoms with Crippen LogP contribution in [0, 0.1) is 0 Å². The minimum atomic E-state index is -3.17. The molecule has 1 aromatic rings. The topological polar surface area (TPSA) is 58.2 Å². The molecule has 1 aliphatic heterocycles. The van der Waals surface area contributed by atoms with Gasteiger partial charge in [0.05, 0.1) is 5.75 Å². The van der Waals surface area contributed by atoms with Crippen LogP contribution >= 0.6 is 12.4 Å². The molecule has 0 unspecified atom stereocenters. The molecule has 0 saturated carbocycles. The number of halogens is 1. The van der Waals surface area contributed by atoms with Gasteiger partial charge in [-0.1, -0.05) is 30.3 Å². The lowest BCUT2D eigenvalue weighted by molar-refractivity contribution is 0.428. The Morgan fingerprint density at radius 2 is 2.00 bits per heavy atom. The highest BCUT2D eigenvalue weighted by molar-refractivity contribution is 7.89. The van der Waals surface area contributed by atoms with Crippen molar-refractivity contribution in [2.24, 2.45) is 0 Å². The Morgan fingerprint density at radius 1 is 1.26 bits per heavy atom. The minimum Gasteiger partial charge on any atom is -0.315 e. The van der Waals surface area contributed by atoms with Gasteiger partial charge in [0.2, 0.25) is 10.0 Å². The monoisotopic (exact) mass is 304 g/mol. The predicted molar refractivity (Wildman–Crippen MR) is 80.2 cm³/mol. The average molecular weight is 305 g/mol. The Balaban J connectivity index is 0.00000180. The largest absolute Gasteiger partial charge is 0.315 e. The van der Waals surface area contributed by atoms with Gasteiger partial charge in [0, 0.05) is 12.6 Å². The number of sulfonamides is 1. The van der Waals surface area contributed by atoms with Gasteiger partial charge in [0.15, 0.2) is 0 Å². The summed E-state index contributed by atoms with van der Waals surface area (Å²) >= 11 is 0. The summed E-state index contributed by atoms with van der Waals surface area (Å²) < 4.78 is 26.6. The molecule has 0 radical (unpaired) electrons. The van der Waals surface area contributed by atoms with Crippen LogP contribution in [0.4, 0.5) is 0 Å². The fraction of sp³-hybridized carbons (Fsp3) is 0.538. The predicted octanol–water partition coefficient (Wildman–Crippen LogP) is 1.32. The molecule has 6 heteroatoms. The van der Waals surface area contributed by atoms with Gasteiger partial charge < -0.3 is 5.32 Å². The van der Waals surface area contributed by atoms with Gasteiger partial charge in [0.1, 0.15) is 0 Å². The van der Waals surface area contributed by atoms with Crippen LogP contribution in [-0.2, 0) is 16.4 Å². The lowest BCUT2D eigenvalue weighted by Crippen LogP contribution is -2.46. The van der Waals surface area contributed by atoms with Gasteiger partial charge in [-0.3, -0.25) is 0 Å². The van der Waals surface area contributed by atoms with Crippen LogP contribution in [0.3, 0.4) is 0 Å². The molecule has 4 nitrogen and oxygen atoms in total. The normalized spacial score (nSPS) is 19.7. The Hall–Kier alpha value is -0.620. The maximum atomic E-state index is 11.9. The van der Waals surface area contributed by atoms with E-state index < -0.39 is 10.0 Å². The van der Waals surface area contributed by atoms with Crippen LogP contribution in [0.15, 0.2) is 30.3 Å². The number of hydrogen-bond acceptors (Lipinski definition) is 3. The smallest absolute Gasteiger partial charge is 0.212 e. The molecule has 1 aliphatic rings. The van der Waals surface area contributed by atoms with Crippen LogP contribution in [0.5, 0.6) is 0 Å². The van der Waals surface area contributed by atoms with Gasteiger partial charge in [0.25, 0.3) is 0 Å². The van der Waals surface area contributed by atoms with E-state index in [1.807, 2.05) is 30.3 Å². The maximum absolute atomic E-state index is 11.9. The first-order valence-corrected chi connectivity index (χ1v) is 8.05. The molecular formula is C13H21ClN2O2S. The van der Waals surface area contributed by atoms with E-state index in [-0.39, 0.29) is 24.2 Å². The molecule has 108 valence electrons. The third kappa shape index (κ3) is 5.91. The molecule has 1 saturated heterocycles. The summed E-state index contributed by atoms with van der Waals surface area (Å²) in [4.78, 5) is 0. The lowest BCUT2D eigenvalue weighted by atomic mass is 10.1. The van der Waals surface area contributed by atoms with E-state index in [1.165, 1.54) is 0 Å². The Morgan fingerprint density at radius 3 is 2.63 bits per heavy atom. The molecule has 1 fully saturated rings. The third-order valence-corrected chi connectivity index (χ3v) is 4.58. The molecule has 0 amide bonds. The number of hydrogen-bond donors (Lipinski definition) is 2. The number of piperidine rings is 1. The molecule has 0 aliphatic carbocycles. The first-order valence-electron chi connectivity index (χ1n) is 6.40. The van der Waals surface area contributed by atoms with Crippen LogP contribution in [-0.4, -0.2) is 33.3 Å². The SMILES string of the molecule is Cl.O=S(=O)(CCc1ccccc1)N[C@H]1CCCNC1. The number of benzene rings is 1. The van der Waals surface area contributed by atoms with E-state index >= 15 is 0 Å². The second kappa shape index (κ2) is 7.85. The fourth-order valence-corrected chi connectivity index (χ4v) is 3.49. The Bertz CT molecular complexity index is 459. The zero-order valence-electron chi connectivity index (χ0n) is 10.8. The van der Waals surface area contributed by atoms with E-state index in [0.717, 1.165) is 31.5 Å². The molecule has 2 rings (SSSR count). The van der Waals surface area contributed by atoms with Crippen LogP contribution in [0.1, 0.15) is 18.4 Å². The van der Waals surface area contributed by atoms with Crippen molar-refractivity contribution in [3.8, 4) is 0 Å². The van der Waals surface area contributed by atoms with Crippen molar-refractivity contribution >= 4 is 22.4 Å². The van der Waals surface area contributed by atoms with Crippen molar-refractivity contribution in [1.29, 1.82) is 0 Å². The minimum absolute atomic E-state index is 0. The van der Waals surface area contributed by atoms with E-state index in [4.69, 9.17) is 0 Å². The van der Waals surface area contributed by atoms with E-state index in [1.54, 1.807) is 0 Å². The van der Waals surface area contributed by atoms with Gasteiger partial charge in [-0.25, -0.2) is 13.1 Å². The molecular weight excluding hydrogens is 284 g/mol. The molecule has 2 N–H and O–H groups in total. The summed E-state index contributed by atoms with van der Waals surface area (Å²) in [7, 11) is -3.17. The van der Waals surface area contributed by atoms with Crippen LogP contribution in [0.25, 0.3) is 0 Å². The first kappa shape index (κ1) is 16.4. The average Bonchev–Trinajstić information content (AvgIpc) is 2.38. The molecule has 1 heterocycles. The summed E-state index contributed by atoms with van der Waals surface area (Å²) in [6, 6.07) is 9.76. The highest BCUT2D eigenvalue weighted by Crippen LogP contribution is 2.05. The van der Waals surface area contributed by atoms with Crippen molar-refractivity contribution in [2.45, 2.75) is 25.3 Å². The van der Waals surface area contributed by atoms with E-state index in [9.17, 15) is 8.42 Å². The summed E-state index contributed by atoms with van der Waals surface area (Å²) in [5.41, 5.74) is 1.06. The molecule has 0 aromatic heterocycles. The molecule has 1 atom stereocenters. The van der Waals surface area contributed by atoms with Crippen LogP contribution < -0.4 is 10.0 Å². The number of rotatable bonds is 5. The van der Waals surface area contributed by atoms with Crippen LogP contribution in [0.2, 0.25) is 0 Å². The van der Waals surface area contributed by atoms with Gasteiger partial charge in [-0.15, -0.1) is 12.4 Å². The molecule has 0 spiro atoms. The van der Waals surface area contributed by atoms with E-state index in [0.29, 0.717) is 6.42 Å². The van der Waals surface area contributed by atoms with Gasteiger partial charge >= 0.3 is 0 Å². The first-order chi connectivity index (χ1) is 8.66.